The molecule has 0 amide bonds. The lowest BCUT2D eigenvalue weighted by molar-refractivity contribution is -0.147. The van der Waals surface area contributed by atoms with Gasteiger partial charge in [0.05, 0.1) is 44.6 Å². The van der Waals surface area contributed by atoms with Gasteiger partial charge in [-0.15, -0.1) is 0 Å². The molecule has 210 valence electrons. The molecule has 0 spiro atoms. The lowest BCUT2D eigenvalue weighted by Crippen LogP contribution is -2.15. The number of carbonyl (C=O) groups is 6. The normalized spacial score (nSPS) is 12.2. The average Bonchev–Trinajstić information content (AvgIpc) is 2.66. The Balaban J connectivity index is -0.000000454. The number of ketones is 3. The Morgan fingerprint density at radius 1 is 0.556 bits per heavy atom. The summed E-state index contributed by atoms with van der Waals surface area (Å²) in [5.74, 6) is -2.00. The summed E-state index contributed by atoms with van der Waals surface area (Å²) in [7, 11) is 0. The number of ether oxygens (including phenoxy) is 3. The van der Waals surface area contributed by atoms with E-state index in [2.05, 4.69) is 9.47 Å². The summed E-state index contributed by atoms with van der Waals surface area (Å²) in [5.41, 5.74) is 0. The second kappa shape index (κ2) is 24.0. The zero-order valence-electron chi connectivity index (χ0n) is 22.1. The molecule has 12 heteroatoms. The van der Waals surface area contributed by atoms with E-state index in [0.29, 0.717) is 12.8 Å². The highest BCUT2D eigenvalue weighted by Gasteiger charge is 2.08. The van der Waals surface area contributed by atoms with Gasteiger partial charge < -0.3 is 29.5 Å². The summed E-state index contributed by atoms with van der Waals surface area (Å²) in [6, 6.07) is 0. The van der Waals surface area contributed by atoms with Crippen LogP contribution in [0.5, 0.6) is 0 Å². The number of Topliss-reactive ketones (excluding diaryl/α,β-unsaturated/α-hetero) is 3. The Hall–Kier alpha value is -2.70. The molecule has 0 aromatic carbocycles. The van der Waals surface area contributed by atoms with Gasteiger partial charge >= 0.3 is 17.9 Å². The molecule has 0 heterocycles. The van der Waals surface area contributed by atoms with Crippen LogP contribution in [0.25, 0.3) is 0 Å². The second-order valence-electron chi connectivity index (χ2n) is 8.20. The van der Waals surface area contributed by atoms with Crippen molar-refractivity contribution in [3.63, 3.8) is 0 Å². The van der Waals surface area contributed by atoms with Crippen LogP contribution in [0.3, 0.4) is 0 Å². The molecule has 0 aliphatic rings. The molecule has 3 N–H and O–H groups in total. The summed E-state index contributed by atoms with van der Waals surface area (Å²) in [5, 5.41) is 26.4. The maximum Gasteiger partial charge on any atom is 0.313 e. The summed E-state index contributed by atoms with van der Waals surface area (Å²) in [4.78, 5) is 63.3. The molecule has 0 saturated carbocycles. The SMILES string of the molecule is CC(=O)CC(=O)OCC[C@@H](C)O.CC(=O)CCOC(=O)CC(C)=O.C[C@@H](O)CCOC(=O)C[C@@H](C)O. The fourth-order valence-electron chi connectivity index (χ4n) is 1.80. The lowest BCUT2D eigenvalue weighted by Gasteiger charge is -2.06. The first-order valence-electron chi connectivity index (χ1n) is 11.6. The highest BCUT2D eigenvalue weighted by molar-refractivity contribution is 5.94. The number of hydrogen-bond acceptors (Lipinski definition) is 12. The summed E-state index contributed by atoms with van der Waals surface area (Å²) in [6.45, 7) is 9.27. The second-order valence-corrected chi connectivity index (χ2v) is 8.20. The first-order valence-corrected chi connectivity index (χ1v) is 11.6. The quantitative estimate of drug-likeness (QED) is 0.156. The predicted octanol–water partition coefficient (Wildman–Crippen LogP) is 0.839. The van der Waals surface area contributed by atoms with Crippen molar-refractivity contribution in [1.82, 2.24) is 0 Å². The topological polar surface area (TPSA) is 191 Å². The number of aliphatic hydroxyl groups excluding tert-OH is 3. The third-order valence-corrected chi connectivity index (χ3v) is 3.56. The predicted molar refractivity (Wildman–Crippen MR) is 128 cm³/mol. The standard InChI is InChI=1S/C8H16O4.C8H14O4.C8H12O4/c3*1-6(9)3-4-12-8(11)5-7(2)10/h6-7,9-10H,3-5H2,1-2H3;6,9H,3-5H2,1-2H3;3-5H2,1-2H3/t6-,7-;6-;/m11./s1. The van der Waals surface area contributed by atoms with Crippen LogP contribution < -0.4 is 0 Å². The van der Waals surface area contributed by atoms with Crippen LogP contribution in [-0.2, 0) is 43.0 Å². The Morgan fingerprint density at radius 3 is 1.22 bits per heavy atom. The smallest absolute Gasteiger partial charge is 0.313 e. The number of aliphatic hydroxyl groups is 3. The molecule has 0 saturated heterocycles. The number of hydrogen-bond donors (Lipinski definition) is 3. The van der Waals surface area contributed by atoms with Crippen molar-refractivity contribution >= 4 is 35.3 Å². The molecular weight excluding hydrogens is 480 g/mol. The van der Waals surface area contributed by atoms with E-state index in [1.165, 1.54) is 27.7 Å². The van der Waals surface area contributed by atoms with Crippen LogP contribution in [0.15, 0.2) is 0 Å². The maximum absolute atomic E-state index is 10.8. The van der Waals surface area contributed by atoms with Gasteiger partial charge in [-0.2, -0.15) is 0 Å². The van der Waals surface area contributed by atoms with Gasteiger partial charge in [0.25, 0.3) is 0 Å². The number of carbonyl (C=O) groups excluding carboxylic acids is 6. The zero-order chi connectivity index (χ0) is 28.7. The Morgan fingerprint density at radius 2 is 0.917 bits per heavy atom. The van der Waals surface area contributed by atoms with Crippen molar-refractivity contribution in [2.45, 2.75) is 98.4 Å². The molecule has 0 aliphatic heterocycles. The van der Waals surface area contributed by atoms with Gasteiger partial charge in [0.2, 0.25) is 0 Å². The highest BCUT2D eigenvalue weighted by atomic mass is 16.5. The Kier molecular flexibility index (Phi) is 25.2. The number of rotatable bonds is 15. The van der Waals surface area contributed by atoms with E-state index in [1.54, 1.807) is 13.8 Å². The molecule has 0 rings (SSSR count). The van der Waals surface area contributed by atoms with Crippen molar-refractivity contribution in [3.8, 4) is 0 Å². The fraction of sp³-hybridized carbons (Fsp3) is 0.750. The number of esters is 3. The largest absolute Gasteiger partial charge is 0.466 e. The van der Waals surface area contributed by atoms with Crippen LogP contribution in [0, 0.1) is 0 Å². The first kappa shape index (κ1) is 37.8. The molecule has 0 aromatic heterocycles. The molecule has 3 atom stereocenters. The molecule has 12 nitrogen and oxygen atoms in total. The van der Waals surface area contributed by atoms with E-state index in [0.717, 1.165) is 0 Å². The molecule has 36 heavy (non-hydrogen) atoms. The van der Waals surface area contributed by atoms with E-state index in [1.807, 2.05) is 0 Å². The van der Waals surface area contributed by atoms with Gasteiger partial charge in [-0.25, -0.2) is 0 Å². The van der Waals surface area contributed by atoms with Crippen LogP contribution in [0.2, 0.25) is 0 Å². The first-order chi connectivity index (χ1) is 16.6. The van der Waals surface area contributed by atoms with Gasteiger partial charge in [-0.05, 0) is 41.5 Å². The van der Waals surface area contributed by atoms with Gasteiger partial charge in [0.1, 0.15) is 30.2 Å². The van der Waals surface area contributed by atoms with Gasteiger partial charge in [-0.1, -0.05) is 0 Å². The van der Waals surface area contributed by atoms with Crippen LogP contribution in [0.1, 0.15) is 80.1 Å². The minimum Gasteiger partial charge on any atom is -0.466 e. The van der Waals surface area contributed by atoms with Crippen molar-refractivity contribution in [2.24, 2.45) is 0 Å². The van der Waals surface area contributed by atoms with Gasteiger partial charge in [0.15, 0.2) is 0 Å². The molecule has 0 fully saturated rings. The molecule has 0 aromatic rings. The fourth-order valence-corrected chi connectivity index (χ4v) is 1.80. The van der Waals surface area contributed by atoms with Gasteiger partial charge in [-0.3, -0.25) is 28.8 Å². The minimum absolute atomic E-state index is 0.0137. The zero-order valence-corrected chi connectivity index (χ0v) is 22.1. The van der Waals surface area contributed by atoms with Crippen LogP contribution in [0.4, 0.5) is 0 Å². The third-order valence-electron chi connectivity index (χ3n) is 3.56. The molecule has 0 unspecified atom stereocenters. The monoisotopic (exact) mass is 522 g/mol. The molecule has 0 aliphatic carbocycles. The van der Waals surface area contributed by atoms with E-state index >= 15 is 0 Å². The van der Waals surface area contributed by atoms with Crippen LogP contribution >= 0.6 is 0 Å². The van der Waals surface area contributed by atoms with E-state index in [4.69, 9.17) is 20.1 Å². The molecule has 0 bridgehead atoms. The lowest BCUT2D eigenvalue weighted by atomic mass is 10.3. The van der Waals surface area contributed by atoms with Crippen molar-refractivity contribution in [1.29, 1.82) is 0 Å². The third kappa shape index (κ3) is 38.6. The average molecular weight is 523 g/mol. The summed E-state index contributed by atoms with van der Waals surface area (Å²) in [6.07, 6.45) is -0.917. The van der Waals surface area contributed by atoms with Crippen molar-refractivity contribution in [2.75, 3.05) is 19.8 Å². The van der Waals surface area contributed by atoms with E-state index < -0.39 is 36.2 Å². The Bertz CT molecular complexity index is 668. The van der Waals surface area contributed by atoms with E-state index in [9.17, 15) is 28.8 Å². The maximum atomic E-state index is 10.8. The van der Waals surface area contributed by atoms with E-state index in [-0.39, 0.29) is 62.9 Å². The summed E-state index contributed by atoms with van der Waals surface area (Å²) >= 11 is 0. The minimum atomic E-state index is -0.663. The summed E-state index contributed by atoms with van der Waals surface area (Å²) < 4.78 is 13.9. The van der Waals surface area contributed by atoms with Crippen LogP contribution in [-0.4, -0.2) is 88.7 Å². The molecule has 0 radical (unpaired) electrons. The van der Waals surface area contributed by atoms with Crippen molar-refractivity contribution < 1.29 is 58.3 Å². The van der Waals surface area contributed by atoms with Crippen molar-refractivity contribution in [3.05, 3.63) is 0 Å². The molecular formula is C24H42O12. The highest BCUT2D eigenvalue weighted by Crippen LogP contribution is 1.96. The Labute approximate surface area is 212 Å². The van der Waals surface area contributed by atoms with Gasteiger partial charge in [0, 0.05) is 19.3 Å².